The SMILES string of the molecule is CCOC(=O)c1cnc2ccc(-c3ccc(O)cc3)cc2c1NCC1CCCNC1. The molecule has 0 radical (unpaired) electrons. The maximum Gasteiger partial charge on any atom is 0.341 e. The van der Waals surface area contributed by atoms with E-state index in [9.17, 15) is 9.90 Å². The zero-order valence-corrected chi connectivity index (χ0v) is 17.1. The molecule has 0 aliphatic carbocycles. The topological polar surface area (TPSA) is 83.5 Å². The summed E-state index contributed by atoms with van der Waals surface area (Å²) in [4.78, 5) is 17.1. The first-order chi connectivity index (χ1) is 14.7. The molecule has 0 spiro atoms. The Hall–Kier alpha value is -3.12. The van der Waals surface area contributed by atoms with Crippen LogP contribution >= 0.6 is 0 Å². The molecular weight excluding hydrogens is 378 g/mol. The van der Waals surface area contributed by atoms with E-state index in [0.29, 0.717) is 18.1 Å². The van der Waals surface area contributed by atoms with E-state index >= 15 is 0 Å². The van der Waals surface area contributed by atoms with Crippen LogP contribution in [0.5, 0.6) is 5.75 Å². The zero-order valence-electron chi connectivity index (χ0n) is 17.1. The molecule has 0 bridgehead atoms. The number of esters is 1. The van der Waals surface area contributed by atoms with Crippen LogP contribution in [0, 0.1) is 5.92 Å². The van der Waals surface area contributed by atoms with Gasteiger partial charge < -0.3 is 20.5 Å². The van der Waals surface area contributed by atoms with Crippen molar-refractivity contribution >= 4 is 22.6 Å². The molecule has 3 aromatic rings. The van der Waals surface area contributed by atoms with E-state index in [1.54, 1.807) is 25.3 Å². The fraction of sp³-hybridized carbons (Fsp3) is 0.333. The Morgan fingerprint density at radius 1 is 1.23 bits per heavy atom. The molecule has 1 atom stereocenters. The summed E-state index contributed by atoms with van der Waals surface area (Å²) in [6.07, 6.45) is 3.93. The van der Waals surface area contributed by atoms with E-state index in [1.165, 1.54) is 6.42 Å². The summed E-state index contributed by atoms with van der Waals surface area (Å²) in [6.45, 7) is 4.94. The van der Waals surface area contributed by atoms with Gasteiger partial charge in [0.15, 0.2) is 0 Å². The Balaban J connectivity index is 1.75. The number of fused-ring (bicyclic) bond motifs is 1. The Morgan fingerprint density at radius 3 is 2.77 bits per heavy atom. The number of aromatic hydroxyl groups is 1. The predicted octanol–water partition coefficient (Wildman–Crippen LogP) is 4.20. The number of phenols is 1. The van der Waals surface area contributed by atoms with E-state index < -0.39 is 0 Å². The third-order valence-electron chi connectivity index (χ3n) is 5.53. The van der Waals surface area contributed by atoms with Gasteiger partial charge in [0, 0.05) is 18.1 Å². The average molecular weight is 405 g/mol. The summed E-state index contributed by atoms with van der Waals surface area (Å²) in [5, 5.41) is 17.4. The van der Waals surface area contributed by atoms with Gasteiger partial charge in [0.1, 0.15) is 11.3 Å². The lowest BCUT2D eigenvalue weighted by Gasteiger charge is -2.24. The number of phenolic OH excluding ortho intramolecular Hbond substituents is 1. The maximum absolute atomic E-state index is 12.6. The molecule has 0 saturated carbocycles. The molecule has 30 heavy (non-hydrogen) atoms. The monoisotopic (exact) mass is 405 g/mol. The van der Waals surface area contributed by atoms with Crippen LogP contribution in [0.25, 0.3) is 22.0 Å². The van der Waals surface area contributed by atoms with E-state index in [4.69, 9.17) is 4.74 Å². The molecule has 1 saturated heterocycles. The maximum atomic E-state index is 12.6. The highest BCUT2D eigenvalue weighted by Crippen LogP contribution is 2.32. The average Bonchev–Trinajstić information content (AvgIpc) is 2.78. The van der Waals surface area contributed by atoms with Crippen LogP contribution in [0.3, 0.4) is 0 Å². The van der Waals surface area contributed by atoms with Crippen LogP contribution in [-0.2, 0) is 4.74 Å². The summed E-state index contributed by atoms with van der Waals surface area (Å²) in [6, 6.07) is 13.1. The standard InChI is InChI=1S/C24H27N3O3/c1-2-30-24(29)21-15-26-22-10-7-18(17-5-8-19(28)9-6-17)12-20(22)23(21)27-14-16-4-3-11-25-13-16/h5-10,12,15-16,25,28H,2-4,11,13-14H2,1H3,(H,26,27). The molecule has 1 aliphatic rings. The van der Waals surface area contributed by atoms with Crippen LogP contribution in [0.2, 0.25) is 0 Å². The minimum absolute atomic E-state index is 0.231. The lowest BCUT2D eigenvalue weighted by atomic mass is 9.98. The summed E-state index contributed by atoms with van der Waals surface area (Å²) in [5.41, 5.74) is 4.02. The van der Waals surface area contributed by atoms with Crippen molar-refractivity contribution in [2.24, 2.45) is 5.92 Å². The van der Waals surface area contributed by atoms with Crippen LogP contribution in [0.4, 0.5) is 5.69 Å². The van der Waals surface area contributed by atoms with Gasteiger partial charge in [-0.2, -0.15) is 0 Å². The number of nitrogens with zero attached hydrogens (tertiary/aromatic N) is 1. The first-order valence-electron chi connectivity index (χ1n) is 10.5. The lowest BCUT2D eigenvalue weighted by Crippen LogP contribution is -2.33. The van der Waals surface area contributed by atoms with Crippen molar-refractivity contribution in [3.63, 3.8) is 0 Å². The van der Waals surface area contributed by atoms with Crippen LogP contribution in [0.1, 0.15) is 30.1 Å². The van der Waals surface area contributed by atoms with Gasteiger partial charge in [-0.15, -0.1) is 0 Å². The Bertz CT molecular complexity index is 1030. The number of ether oxygens (including phenoxy) is 1. The second-order valence-electron chi connectivity index (χ2n) is 7.64. The molecule has 3 N–H and O–H groups in total. The lowest BCUT2D eigenvalue weighted by molar-refractivity contribution is 0.0527. The van der Waals surface area contributed by atoms with Gasteiger partial charge in [0.2, 0.25) is 0 Å². The third-order valence-corrected chi connectivity index (χ3v) is 5.53. The van der Waals surface area contributed by atoms with Crippen molar-refractivity contribution in [3.05, 3.63) is 54.2 Å². The van der Waals surface area contributed by atoms with Crippen molar-refractivity contribution in [1.29, 1.82) is 0 Å². The second-order valence-corrected chi connectivity index (χ2v) is 7.64. The van der Waals surface area contributed by atoms with Crippen molar-refractivity contribution in [2.45, 2.75) is 19.8 Å². The molecule has 0 amide bonds. The molecule has 1 aliphatic heterocycles. The van der Waals surface area contributed by atoms with Gasteiger partial charge >= 0.3 is 5.97 Å². The van der Waals surface area contributed by atoms with Gasteiger partial charge in [-0.05, 0) is 74.2 Å². The molecule has 2 heterocycles. The minimum atomic E-state index is -0.369. The summed E-state index contributed by atoms with van der Waals surface area (Å²) in [5.74, 6) is 0.373. The number of benzene rings is 2. The smallest absolute Gasteiger partial charge is 0.341 e. The number of carbonyl (C=O) groups excluding carboxylic acids is 1. The number of pyridine rings is 1. The molecule has 2 aromatic carbocycles. The fourth-order valence-corrected chi connectivity index (χ4v) is 3.92. The number of hydrogen-bond acceptors (Lipinski definition) is 6. The molecule has 6 nitrogen and oxygen atoms in total. The number of piperidine rings is 1. The molecule has 6 heteroatoms. The van der Waals surface area contributed by atoms with Crippen LogP contribution < -0.4 is 10.6 Å². The predicted molar refractivity (Wildman–Crippen MR) is 119 cm³/mol. The highest BCUT2D eigenvalue weighted by Gasteiger charge is 2.19. The van der Waals surface area contributed by atoms with Crippen molar-refractivity contribution in [2.75, 3.05) is 31.6 Å². The Labute approximate surface area is 176 Å². The van der Waals surface area contributed by atoms with Gasteiger partial charge in [-0.1, -0.05) is 18.2 Å². The van der Waals surface area contributed by atoms with E-state index in [2.05, 4.69) is 15.6 Å². The molecule has 4 rings (SSSR count). The summed E-state index contributed by atoms with van der Waals surface area (Å²) >= 11 is 0. The normalized spacial score (nSPS) is 16.4. The summed E-state index contributed by atoms with van der Waals surface area (Å²) < 4.78 is 5.28. The van der Waals surface area contributed by atoms with Crippen molar-refractivity contribution < 1.29 is 14.6 Å². The van der Waals surface area contributed by atoms with Gasteiger partial charge in [-0.3, -0.25) is 4.98 Å². The van der Waals surface area contributed by atoms with E-state index in [-0.39, 0.29) is 11.7 Å². The number of rotatable bonds is 6. The second kappa shape index (κ2) is 9.13. The number of carbonyl (C=O) groups is 1. The molecule has 1 aromatic heterocycles. The third kappa shape index (κ3) is 4.39. The van der Waals surface area contributed by atoms with Crippen molar-refractivity contribution in [3.8, 4) is 16.9 Å². The van der Waals surface area contributed by atoms with Crippen LogP contribution in [0.15, 0.2) is 48.7 Å². The minimum Gasteiger partial charge on any atom is -0.508 e. The van der Waals surface area contributed by atoms with Gasteiger partial charge in [0.25, 0.3) is 0 Å². The number of anilines is 1. The molecule has 1 fully saturated rings. The van der Waals surface area contributed by atoms with Gasteiger partial charge in [-0.25, -0.2) is 4.79 Å². The number of aromatic nitrogens is 1. The summed E-state index contributed by atoms with van der Waals surface area (Å²) in [7, 11) is 0. The highest BCUT2D eigenvalue weighted by atomic mass is 16.5. The quantitative estimate of drug-likeness (QED) is 0.533. The number of nitrogens with one attached hydrogen (secondary N) is 2. The molecular formula is C24H27N3O3. The largest absolute Gasteiger partial charge is 0.508 e. The molecule has 156 valence electrons. The van der Waals surface area contributed by atoms with Crippen LogP contribution in [-0.4, -0.2) is 42.3 Å². The van der Waals surface area contributed by atoms with E-state index in [1.807, 2.05) is 30.3 Å². The first-order valence-corrected chi connectivity index (χ1v) is 10.5. The Morgan fingerprint density at radius 2 is 2.03 bits per heavy atom. The van der Waals surface area contributed by atoms with E-state index in [0.717, 1.165) is 53.8 Å². The number of hydrogen-bond donors (Lipinski definition) is 3. The fourth-order valence-electron chi connectivity index (χ4n) is 3.92. The van der Waals surface area contributed by atoms with Gasteiger partial charge in [0.05, 0.1) is 17.8 Å². The first kappa shape index (κ1) is 20.2. The highest BCUT2D eigenvalue weighted by molar-refractivity contribution is 6.05. The van der Waals surface area contributed by atoms with Crippen molar-refractivity contribution in [1.82, 2.24) is 10.3 Å². The molecule has 1 unspecified atom stereocenters. The zero-order chi connectivity index (χ0) is 20.9. The Kier molecular flexibility index (Phi) is 6.14.